The highest BCUT2D eigenvalue weighted by atomic mass is 28.3. The molecule has 2 aromatic heterocycles. The topological polar surface area (TPSA) is 97.6 Å². The molecule has 15 heteroatoms. The maximum atomic E-state index is 13.5. The highest BCUT2D eigenvalue weighted by Crippen LogP contribution is 2.36. The highest BCUT2D eigenvalue weighted by Gasteiger charge is 2.58. The first kappa shape index (κ1) is 34.2. The van der Waals surface area contributed by atoms with Crippen molar-refractivity contribution in [3.05, 3.63) is 47.9 Å². The minimum atomic E-state index is -5.77. The first-order chi connectivity index (χ1) is 19.9. The molecule has 2 aromatic rings. The second kappa shape index (κ2) is 13.5. The molecule has 238 valence electrons. The van der Waals surface area contributed by atoms with E-state index in [2.05, 4.69) is 34.7 Å². The lowest BCUT2D eigenvalue weighted by Gasteiger charge is -2.21. The number of esters is 1. The minimum Gasteiger partial charge on any atom is -0.476 e. The van der Waals surface area contributed by atoms with Crippen LogP contribution in [0.1, 0.15) is 37.6 Å². The normalized spacial score (nSPS) is 16.2. The molecule has 0 spiro atoms. The monoisotopic (exact) mass is 632 g/mol. The summed E-state index contributed by atoms with van der Waals surface area (Å²) >= 11 is 0. The third kappa shape index (κ3) is 9.58. The summed E-state index contributed by atoms with van der Waals surface area (Å²) in [6, 6.07) is 3.86. The lowest BCUT2D eigenvalue weighted by Crippen LogP contribution is -2.42. The number of methoxy groups -OCH3 is 1. The Morgan fingerprint density at radius 2 is 1.81 bits per heavy atom. The molecule has 0 saturated heterocycles. The van der Waals surface area contributed by atoms with Gasteiger partial charge in [-0.05, 0) is 31.9 Å². The van der Waals surface area contributed by atoms with Gasteiger partial charge >= 0.3 is 24.1 Å². The second-order valence-electron chi connectivity index (χ2n) is 12.0. The van der Waals surface area contributed by atoms with Crippen LogP contribution in [0.15, 0.2) is 36.6 Å². The fourth-order valence-corrected chi connectivity index (χ4v) is 4.48. The van der Waals surface area contributed by atoms with Gasteiger partial charge in [-0.15, -0.1) is 5.10 Å². The molecule has 0 aromatic carbocycles. The van der Waals surface area contributed by atoms with Crippen molar-refractivity contribution in [1.29, 1.82) is 0 Å². The van der Waals surface area contributed by atoms with Crippen molar-refractivity contribution in [2.24, 2.45) is 5.41 Å². The molecule has 1 atom stereocenters. The van der Waals surface area contributed by atoms with E-state index in [0.29, 0.717) is 24.5 Å². The number of nitrogens with zero attached hydrogens (tertiary/aromatic N) is 4. The summed E-state index contributed by atoms with van der Waals surface area (Å²) in [5.41, 5.74) is 0.592. The van der Waals surface area contributed by atoms with Crippen LogP contribution in [0.5, 0.6) is 11.9 Å². The van der Waals surface area contributed by atoms with Gasteiger partial charge in [0, 0.05) is 38.4 Å². The predicted octanol–water partition coefficient (Wildman–Crippen LogP) is 6.27. The van der Waals surface area contributed by atoms with Gasteiger partial charge in [-0.1, -0.05) is 43.9 Å². The van der Waals surface area contributed by atoms with Gasteiger partial charge in [-0.2, -0.15) is 31.6 Å². The number of allylic oxidation sites excluding steroid dienone is 4. The standard InChI is InChI=1S/C28H37F5N4O5Si/c1-26(2,24(38)39-3)16-41-22-12-11-21(15-34-22)19-7-9-20(10-8-19)23-35-25(42-17-27(29,30)28(31,32)33)37(36-23)18-40-13-14-43(4,5)6/h7,9-12,15,19H,8,13-14,16-18H2,1-6H3. The molecule has 0 bridgehead atoms. The number of hydrogen-bond donors (Lipinski definition) is 0. The molecule has 0 N–H and O–H groups in total. The summed E-state index contributed by atoms with van der Waals surface area (Å²) in [4.78, 5) is 20.2. The van der Waals surface area contributed by atoms with E-state index in [1.54, 1.807) is 32.2 Å². The van der Waals surface area contributed by atoms with Crippen LogP contribution < -0.4 is 9.47 Å². The van der Waals surface area contributed by atoms with Gasteiger partial charge in [0.05, 0.1) is 12.5 Å². The fourth-order valence-electron chi connectivity index (χ4n) is 3.73. The average Bonchev–Trinajstić information content (AvgIpc) is 3.35. The molecule has 0 amide bonds. The molecule has 1 unspecified atom stereocenters. The molecular formula is C28H37F5N4O5Si. The number of ether oxygens (including phenoxy) is 4. The third-order valence-corrected chi connectivity index (χ3v) is 8.21. The second-order valence-corrected chi connectivity index (χ2v) is 17.6. The summed E-state index contributed by atoms with van der Waals surface area (Å²) < 4.78 is 87.0. The van der Waals surface area contributed by atoms with Crippen LogP contribution in [-0.4, -0.2) is 72.8 Å². The van der Waals surface area contributed by atoms with Crippen LogP contribution >= 0.6 is 0 Å². The van der Waals surface area contributed by atoms with E-state index in [1.807, 2.05) is 18.2 Å². The molecule has 43 heavy (non-hydrogen) atoms. The van der Waals surface area contributed by atoms with Crippen LogP contribution in [0.2, 0.25) is 25.7 Å². The van der Waals surface area contributed by atoms with E-state index >= 15 is 0 Å². The molecule has 0 radical (unpaired) electrons. The van der Waals surface area contributed by atoms with Gasteiger partial charge in [-0.25, -0.2) is 4.98 Å². The summed E-state index contributed by atoms with van der Waals surface area (Å²) in [5.74, 6) is -5.06. The molecule has 1 aliphatic rings. The molecular weight excluding hydrogens is 595 g/mol. The molecule has 0 aliphatic heterocycles. The van der Waals surface area contributed by atoms with Gasteiger partial charge in [0.2, 0.25) is 5.88 Å². The Morgan fingerprint density at radius 3 is 2.37 bits per heavy atom. The number of rotatable bonds is 14. The SMILES string of the molecule is COC(=O)C(C)(C)COc1ccc(C2C=CC(c3nc(OCC(F)(F)C(F)(F)F)n(COCC[Si](C)(C)C)n3)=CC2)cn1. The van der Waals surface area contributed by atoms with E-state index in [4.69, 9.17) is 18.9 Å². The number of pyridine rings is 1. The summed E-state index contributed by atoms with van der Waals surface area (Å²) in [5, 5.41) is 4.26. The Labute approximate surface area is 248 Å². The van der Waals surface area contributed by atoms with Crippen LogP contribution in [0.25, 0.3) is 5.57 Å². The molecule has 9 nitrogen and oxygen atoms in total. The van der Waals surface area contributed by atoms with E-state index < -0.39 is 44.2 Å². The maximum Gasteiger partial charge on any atom is 0.456 e. The number of carbonyl (C=O) groups is 1. The quantitative estimate of drug-likeness (QED) is 0.104. The number of carbonyl (C=O) groups excluding carboxylic acids is 1. The third-order valence-electron chi connectivity index (χ3n) is 6.51. The molecule has 1 aliphatic carbocycles. The van der Waals surface area contributed by atoms with Crippen molar-refractivity contribution in [1.82, 2.24) is 19.7 Å². The summed E-state index contributed by atoms with van der Waals surface area (Å²) in [6.07, 6.45) is 1.86. The summed E-state index contributed by atoms with van der Waals surface area (Å²) in [6.45, 7) is 8.16. The first-order valence-electron chi connectivity index (χ1n) is 13.6. The lowest BCUT2D eigenvalue weighted by molar-refractivity contribution is -0.290. The Balaban J connectivity index is 1.68. The Morgan fingerprint density at radius 1 is 1.09 bits per heavy atom. The highest BCUT2D eigenvalue weighted by molar-refractivity contribution is 6.76. The van der Waals surface area contributed by atoms with E-state index in [-0.39, 0.29) is 25.1 Å². The largest absolute Gasteiger partial charge is 0.476 e. The van der Waals surface area contributed by atoms with Crippen LogP contribution in [0, 0.1) is 5.41 Å². The minimum absolute atomic E-state index is 0.0509. The first-order valence-corrected chi connectivity index (χ1v) is 17.3. The van der Waals surface area contributed by atoms with Crippen molar-refractivity contribution in [3.63, 3.8) is 0 Å². The van der Waals surface area contributed by atoms with Crippen molar-refractivity contribution >= 4 is 19.6 Å². The maximum absolute atomic E-state index is 13.5. The van der Waals surface area contributed by atoms with E-state index in [0.717, 1.165) is 16.3 Å². The molecule has 2 heterocycles. The van der Waals surface area contributed by atoms with Crippen LogP contribution in [0.3, 0.4) is 0 Å². The summed E-state index contributed by atoms with van der Waals surface area (Å²) in [7, 11) is -0.106. The predicted molar refractivity (Wildman–Crippen MR) is 151 cm³/mol. The molecule has 0 fully saturated rings. The Kier molecular flexibility index (Phi) is 10.8. The Hall–Kier alpha value is -3.33. The van der Waals surface area contributed by atoms with Crippen LogP contribution in [-0.2, 0) is 21.0 Å². The zero-order valence-electron chi connectivity index (χ0n) is 25.0. The molecule has 0 saturated carbocycles. The lowest BCUT2D eigenvalue weighted by atomic mass is 9.91. The van der Waals surface area contributed by atoms with Crippen molar-refractivity contribution in [2.45, 2.75) is 70.7 Å². The smallest absolute Gasteiger partial charge is 0.456 e. The van der Waals surface area contributed by atoms with Gasteiger partial charge in [0.25, 0.3) is 0 Å². The number of hydrogen-bond acceptors (Lipinski definition) is 8. The van der Waals surface area contributed by atoms with Gasteiger partial charge in [0.1, 0.15) is 13.3 Å². The number of alkyl halides is 5. The zero-order chi connectivity index (χ0) is 32.1. The number of aromatic nitrogens is 4. The number of halogens is 5. The van der Waals surface area contributed by atoms with Crippen molar-refractivity contribution < 1.29 is 45.7 Å². The van der Waals surface area contributed by atoms with Crippen molar-refractivity contribution in [2.75, 3.05) is 26.9 Å². The van der Waals surface area contributed by atoms with Gasteiger partial charge < -0.3 is 18.9 Å². The van der Waals surface area contributed by atoms with Crippen LogP contribution in [0.4, 0.5) is 22.0 Å². The van der Waals surface area contributed by atoms with Crippen molar-refractivity contribution in [3.8, 4) is 11.9 Å². The van der Waals surface area contributed by atoms with Gasteiger partial charge in [-0.3, -0.25) is 4.79 Å². The zero-order valence-corrected chi connectivity index (χ0v) is 26.0. The fraction of sp³-hybridized carbons (Fsp3) is 0.571. The van der Waals surface area contributed by atoms with Gasteiger partial charge in [0.15, 0.2) is 12.4 Å². The molecule has 3 rings (SSSR count). The Bertz CT molecular complexity index is 1300. The van der Waals surface area contributed by atoms with E-state index in [9.17, 15) is 26.7 Å². The van der Waals surface area contributed by atoms with E-state index in [1.165, 1.54) is 7.11 Å². The average molecular weight is 633 g/mol.